The molecule has 0 bridgehead atoms. The quantitative estimate of drug-likeness (QED) is 0.220. The summed E-state index contributed by atoms with van der Waals surface area (Å²) >= 11 is 0. The monoisotopic (exact) mass is 633 g/mol. The molecule has 35 heavy (non-hydrogen) atoms. The fourth-order valence-corrected chi connectivity index (χ4v) is 3.26. The van der Waals surface area contributed by atoms with Gasteiger partial charge in [0.2, 0.25) is 0 Å². The first-order valence-corrected chi connectivity index (χ1v) is 10.6. The Balaban J connectivity index is 0.000000247. The summed E-state index contributed by atoms with van der Waals surface area (Å²) in [6.07, 6.45) is 5.35. The van der Waals surface area contributed by atoms with Gasteiger partial charge in [-0.2, -0.15) is 0 Å². The molecule has 0 aliphatic carbocycles. The minimum absolute atomic E-state index is 0. The molecular formula is C29H22IrN5. The molecule has 0 aliphatic rings. The Hall–Kier alpha value is -4.04. The second-order valence-electron chi connectivity index (χ2n) is 7.08. The molecule has 5 aromatic rings. The number of pyridine rings is 4. The van der Waals surface area contributed by atoms with Crippen molar-refractivity contribution in [1.82, 2.24) is 19.9 Å². The van der Waals surface area contributed by atoms with Crippen LogP contribution in [0.25, 0.3) is 33.8 Å². The number of aryl methyl sites for hydroxylation is 2. The maximum Gasteiger partial charge on any atom is 3.00 e. The van der Waals surface area contributed by atoms with Gasteiger partial charge in [-0.3, -0.25) is 9.97 Å². The van der Waals surface area contributed by atoms with Gasteiger partial charge in [-0.1, -0.05) is 61.4 Å². The molecule has 0 aliphatic heterocycles. The summed E-state index contributed by atoms with van der Waals surface area (Å²) in [7, 11) is 0. The molecule has 6 heteroatoms. The third kappa shape index (κ3) is 7.48. The molecule has 0 spiro atoms. The molecular weight excluding hydrogens is 611 g/mol. The number of hydrogen-bond acceptors (Lipinski definition) is 5. The molecule has 4 heterocycles. The molecule has 0 N–H and O–H groups in total. The van der Waals surface area contributed by atoms with E-state index in [1.54, 1.807) is 18.6 Å². The summed E-state index contributed by atoms with van der Waals surface area (Å²) in [6.45, 7) is 8.71. The van der Waals surface area contributed by atoms with Crippen LogP contribution in [0.5, 0.6) is 0 Å². The van der Waals surface area contributed by atoms with Gasteiger partial charge in [0, 0.05) is 30.0 Å². The second-order valence-corrected chi connectivity index (χ2v) is 7.08. The Kier molecular flexibility index (Phi) is 11.1. The van der Waals surface area contributed by atoms with Gasteiger partial charge in [-0.15, -0.1) is 42.0 Å². The summed E-state index contributed by atoms with van der Waals surface area (Å²) in [5, 5.41) is 6.25. The van der Waals surface area contributed by atoms with Crippen LogP contribution in [0.15, 0.2) is 97.5 Å². The molecule has 0 radical (unpaired) electrons. The fourth-order valence-electron chi connectivity index (χ4n) is 3.26. The van der Waals surface area contributed by atoms with Gasteiger partial charge >= 0.3 is 20.1 Å². The maximum atomic E-state index is 6.25. The molecule has 1 aromatic carbocycles. The van der Waals surface area contributed by atoms with Crippen LogP contribution in [-0.2, 0) is 20.1 Å². The average Bonchev–Trinajstić information content (AvgIpc) is 2.92. The van der Waals surface area contributed by atoms with Crippen molar-refractivity contribution in [2.24, 2.45) is 0 Å². The standard InChI is InChI=1S/C17H14N3.C11H8N.CN.Ir/c1-12-14(16-7-3-5-9-18-16)11-15(13(2)20-12)17-8-4-6-10-19-17;1-2-6-10(7-3-1)11-8-4-5-9-12-11;1-2;/h3-10H,1-2H3;1-6,8-9H;;/q3*-1;+3. The largest absolute Gasteiger partial charge is 3.00 e. The van der Waals surface area contributed by atoms with E-state index in [1.807, 2.05) is 92.7 Å². The molecule has 5 nitrogen and oxygen atoms in total. The van der Waals surface area contributed by atoms with E-state index >= 15 is 0 Å². The molecule has 0 fully saturated rings. The van der Waals surface area contributed by atoms with Gasteiger partial charge in [0.05, 0.1) is 0 Å². The fraction of sp³-hybridized carbons (Fsp3) is 0.0690. The van der Waals surface area contributed by atoms with Crippen LogP contribution < -0.4 is 0 Å². The van der Waals surface area contributed by atoms with Crippen molar-refractivity contribution in [1.29, 1.82) is 5.26 Å². The first kappa shape index (κ1) is 27.2. The zero-order chi connectivity index (χ0) is 24.2. The SMILES string of the molecule is Cc1nc(C)c(-c2ccccn2)[c-]c1-c1ccccn1.[C-]#N.[Ir+3].[c-]1ccccc1-c1ccccn1. The Morgan fingerprint density at radius 1 is 0.629 bits per heavy atom. The van der Waals surface area contributed by atoms with Crippen molar-refractivity contribution in [2.45, 2.75) is 13.8 Å². The van der Waals surface area contributed by atoms with Crippen LogP contribution in [-0.4, -0.2) is 19.9 Å². The van der Waals surface area contributed by atoms with E-state index in [4.69, 9.17) is 11.8 Å². The van der Waals surface area contributed by atoms with Crippen molar-refractivity contribution in [3.8, 4) is 33.8 Å². The van der Waals surface area contributed by atoms with Crippen molar-refractivity contribution in [2.75, 3.05) is 0 Å². The third-order valence-electron chi connectivity index (χ3n) is 4.80. The van der Waals surface area contributed by atoms with E-state index in [1.165, 1.54) is 0 Å². The number of benzene rings is 1. The Labute approximate surface area is 220 Å². The van der Waals surface area contributed by atoms with Crippen molar-refractivity contribution in [3.63, 3.8) is 0 Å². The van der Waals surface area contributed by atoms with Gasteiger partial charge in [0.25, 0.3) is 0 Å². The number of rotatable bonds is 3. The first-order valence-electron chi connectivity index (χ1n) is 10.6. The molecule has 0 saturated carbocycles. The van der Waals surface area contributed by atoms with Crippen LogP contribution in [0.3, 0.4) is 0 Å². The number of aromatic nitrogens is 4. The molecule has 172 valence electrons. The van der Waals surface area contributed by atoms with Crippen molar-refractivity contribution >= 4 is 0 Å². The van der Waals surface area contributed by atoms with E-state index < -0.39 is 0 Å². The summed E-state index contributed by atoms with van der Waals surface area (Å²) in [6, 6.07) is 31.9. The summed E-state index contributed by atoms with van der Waals surface area (Å²) < 4.78 is 0. The van der Waals surface area contributed by atoms with Gasteiger partial charge in [-0.25, -0.2) is 0 Å². The molecule has 5 rings (SSSR count). The van der Waals surface area contributed by atoms with E-state index in [0.29, 0.717) is 0 Å². The molecule has 4 aromatic heterocycles. The minimum atomic E-state index is 0. The molecule has 0 atom stereocenters. The molecule has 0 amide bonds. The van der Waals surface area contributed by atoms with Gasteiger partial charge in [0.15, 0.2) is 0 Å². The van der Waals surface area contributed by atoms with E-state index in [9.17, 15) is 0 Å². The minimum Gasteiger partial charge on any atom is -0.512 e. The average molecular weight is 633 g/mol. The molecule has 0 saturated heterocycles. The summed E-state index contributed by atoms with van der Waals surface area (Å²) in [5.74, 6) is 0. The normalized spacial score (nSPS) is 9.37. The van der Waals surface area contributed by atoms with Crippen LogP contribution >= 0.6 is 0 Å². The van der Waals surface area contributed by atoms with E-state index in [2.05, 4.69) is 32.1 Å². The number of nitrogens with zero attached hydrogens (tertiary/aromatic N) is 5. The zero-order valence-electron chi connectivity index (χ0n) is 19.3. The second kappa shape index (κ2) is 14.3. The van der Waals surface area contributed by atoms with Crippen molar-refractivity contribution in [3.05, 3.63) is 128 Å². The Morgan fingerprint density at radius 3 is 1.49 bits per heavy atom. The zero-order valence-corrected chi connectivity index (χ0v) is 21.7. The van der Waals surface area contributed by atoms with Gasteiger partial charge in [0.1, 0.15) is 0 Å². The first-order chi connectivity index (χ1) is 16.7. The van der Waals surface area contributed by atoms with Crippen LogP contribution in [0.4, 0.5) is 0 Å². The third-order valence-corrected chi connectivity index (χ3v) is 4.80. The van der Waals surface area contributed by atoms with Gasteiger partial charge < -0.3 is 21.8 Å². The van der Waals surface area contributed by atoms with Crippen LogP contribution in [0.2, 0.25) is 0 Å². The number of hydrogen-bond donors (Lipinski definition) is 0. The maximum absolute atomic E-state index is 6.25. The van der Waals surface area contributed by atoms with Crippen LogP contribution in [0, 0.1) is 37.8 Å². The summed E-state index contributed by atoms with van der Waals surface area (Å²) in [5.41, 5.74) is 7.50. The topological polar surface area (TPSA) is 75.3 Å². The van der Waals surface area contributed by atoms with Crippen molar-refractivity contribution < 1.29 is 20.1 Å². The molecule has 0 unspecified atom stereocenters. The van der Waals surface area contributed by atoms with E-state index in [0.717, 1.165) is 45.2 Å². The van der Waals surface area contributed by atoms with Crippen LogP contribution in [0.1, 0.15) is 11.4 Å². The predicted molar refractivity (Wildman–Crippen MR) is 132 cm³/mol. The van der Waals surface area contributed by atoms with E-state index in [-0.39, 0.29) is 20.1 Å². The predicted octanol–water partition coefficient (Wildman–Crippen LogP) is 6.27. The Morgan fingerprint density at radius 2 is 1.09 bits per heavy atom. The smallest absolute Gasteiger partial charge is 0.512 e. The van der Waals surface area contributed by atoms with Gasteiger partial charge in [-0.05, 0) is 35.3 Å². The Bertz CT molecular complexity index is 1210. The summed E-state index contributed by atoms with van der Waals surface area (Å²) in [4.78, 5) is 17.6.